The SMILES string of the molecule is CNC1CCC(N(C)CCOCC2CC2)C1. The average molecular weight is 226 g/mol. The Hall–Kier alpha value is -0.120. The third kappa shape index (κ3) is 3.72. The second-order valence-electron chi connectivity index (χ2n) is 5.45. The van der Waals surface area contributed by atoms with Gasteiger partial charge < -0.3 is 15.0 Å². The first-order chi connectivity index (χ1) is 7.79. The van der Waals surface area contributed by atoms with Crippen LogP contribution in [0.15, 0.2) is 0 Å². The molecular formula is C13H26N2O. The van der Waals surface area contributed by atoms with Gasteiger partial charge in [0.15, 0.2) is 0 Å². The maximum Gasteiger partial charge on any atom is 0.0593 e. The second-order valence-corrected chi connectivity index (χ2v) is 5.45. The minimum absolute atomic E-state index is 0.736. The minimum Gasteiger partial charge on any atom is -0.380 e. The quantitative estimate of drug-likeness (QED) is 0.666. The second kappa shape index (κ2) is 5.99. The van der Waals surface area contributed by atoms with Crippen LogP contribution in [0.25, 0.3) is 0 Å². The molecule has 0 aromatic carbocycles. The van der Waals surface area contributed by atoms with E-state index in [0.29, 0.717) is 0 Å². The first-order valence-electron chi connectivity index (χ1n) is 6.75. The summed E-state index contributed by atoms with van der Waals surface area (Å²) in [5.41, 5.74) is 0. The molecule has 2 fully saturated rings. The fourth-order valence-electron chi connectivity index (χ4n) is 2.55. The lowest BCUT2D eigenvalue weighted by Crippen LogP contribution is -2.34. The lowest BCUT2D eigenvalue weighted by Gasteiger charge is -2.24. The lowest BCUT2D eigenvalue weighted by molar-refractivity contribution is 0.0917. The average Bonchev–Trinajstić information content (AvgIpc) is 2.99. The maximum absolute atomic E-state index is 5.68. The highest BCUT2D eigenvalue weighted by Crippen LogP contribution is 2.28. The van der Waals surface area contributed by atoms with Crippen molar-refractivity contribution in [2.24, 2.45) is 5.92 Å². The standard InChI is InChI=1S/C13H26N2O/c1-14-12-5-6-13(9-12)15(2)7-8-16-10-11-3-4-11/h11-14H,3-10H2,1-2H3. The molecule has 2 aliphatic rings. The van der Waals surface area contributed by atoms with E-state index in [1.807, 2.05) is 0 Å². The van der Waals surface area contributed by atoms with Crippen LogP contribution in [0.2, 0.25) is 0 Å². The van der Waals surface area contributed by atoms with Gasteiger partial charge in [-0.15, -0.1) is 0 Å². The van der Waals surface area contributed by atoms with E-state index in [2.05, 4.69) is 24.3 Å². The van der Waals surface area contributed by atoms with Crippen LogP contribution in [0.5, 0.6) is 0 Å². The Kier molecular flexibility index (Phi) is 4.62. The Bertz CT molecular complexity index is 206. The van der Waals surface area contributed by atoms with Gasteiger partial charge in [0.05, 0.1) is 6.61 Å². The highest BCUT2D eigenvalue weighted by Gasteiger charge is 2.26. The van der Waals surface area contributed by atoms with E-state index in [1.165, 1.54) is 32.1 Å². The van der Waals surface area contributed by atoms with Crippen molar-refractivity contribution < 1.29 is 4.74 Å². The predicted molar refractivity (Wildman–Crippen MR) is 66.7 cm³/mol. The molecular weight excluding hydrogens is 200 g/mol. The van der Waals surface area contributed by atoms with Gasteiger partial charge in [-0.05, 0) is 52.1 Å². The number of hydrogen-bond acceptors (Lipinski definition) is 3. The third-order valence-corrected chi connectivity index (χ3v) is 4.08. The molecule has 0 bridgehead atoms. The minimum atomic E-state index is 0.736. The van der Waals surface area contributed by atoms with Crippen LogP contribution in [0.4, 0.5) is 0 Å². The van der Waals surface area contributed by atoms with Crippen molar-refractivity contribution in [2.75, 3.05) is 33.9 Å². The molecule has 0 aromatic rings. The summed E-state index contributed by atoms with van der Waals surface area (Å²) in [7, 11) is 4.31. The molecule has 0 aromatic heterocycles. The van der Waals surface area contributed by atoms with Gasteiger partial charge in [0, 0.05) is 25.2 Å². The maximum atomic E-state index is 5.68. The molecule has 2 atom stereocenters. The summed E-state index contributed by atoms with van der Waals surface area (Å²) in [6, 6.07) is 1.50. The van der Waals surface area contributed by atoms with Gasteiger partial charge in [-0.2, -0.15) is 0 Å². The third-order valence-electron chi connectivity index (χ3n) is 4.08. The van der Waals surface area contributed by atoms with Crippen LogP contribution >= 0.6 is 0 Å². The van der Waals surface area contributed by atoms with E-state index in [4.69, 9.17) is 4.74 Å². The summed E-state index contributed by atoms with van der Waals surface area (Å²) in [6.07, 6.45) is 6.75. The van der Waals surface area contributed by atoms with Crippen LogP contribution in [0, 0.1) is 5.92 Å². The van der Waals surface area contributed by atoms with Crippen molar-refractivity contribution in [3.63, 3.8) is 0 Å². The van der Waals surface area contributed by atoms with Crippen molar-refractivity contribution in [3.8, 4) is 0 Å². The monoisotopic (exact) mass is 226 g/mol. The Labute approximate surface area is 99.5 Å². The normalized spacial score (nSPS) is 30.2. The molecule has 2 aliphatic carbocycles. The number of ether oxygens (including phenoxy) is 1. The van der Waals surface area contributed by atoms with E-state index in [1.54, 1.807) is 0 Å². The number of nitrogens with zero attached hydrogens (tertiary/aromatic N) is 1. The molecule has 1 N–H and O–H groups in total. The molecule has 0 heterocycles. The summed E-state index contributed by atoms with van der Waals surface area (Å²) in [6.45, 7) is 3.00. The van der Waals surface area contributed by atoms with Crippen LogP contribution in [0.1, 0.15) is 32.1 Å². The van der Waals surface area contributed by atoms with E-state index >= 15 is 0 Å². The van der Waals surface area contributed by atoms with Crippen molar-refractivity contribution >= 4 is 0 Å². The topological polar surface area (TPSA) is 24.5 Å². The Morgan fingerprint density at radius 2 is 2.06 bits per heavy atom. The molecule has 0 amide bonds. The first kappa shape index (κ1) is 12.3. The van der Waals surface area contributed by atoms with Crippen LogP contribution in [-0.4, -0.2) is 50.8 Å². The van der Waals surface area contributed by atoms with Crippen molar-refractivity contribution in [1.82, 2.24) is 10.2 Å². The van der Waals surface area contributed by atoms with E-state index in [-0.39, 0.29) is 0 Å². The first-order valence-corrected chi connectivity index (χ1v) is 6.75. The van der Waals surface area contributed by atoms with Gasteiger partial charge in [-0.25, -0.2) is 0 Å². The zero-order valence-electron chi connectivity index (χ0n) is 10.7. The van der Waals surface area contributed by atoms with Crippen LogP contribution < -0.4 is 5.32 Å². The Morgan fingerprint density at radius 1 is 1.25 bits per heavy atom. The lowest BCUT2D eigenvalue weighted by atomic mass is 10.2. The van der Waals surface area contributed by atoms with Gasteiger partial charge in [0.1, 0.15) is 0 Å². The van der Waals surface area contributed by atoms with E-state index < -0.39 is 0 Å². The van der Waals surface area contributed by atoms with Crippen molar-refractivity contribution in [3.05, 3.63) is 0 Å². The number of rotatable bonds is 7. The molecule has 0 aliphatic heterocycles. The summed E-state index contributed by atoms with van der Waals surface area (Å²) >= 11 is 0. The number of hydrogen-bond donors (Lipinski definition) is 1. The molecule has 0 radical (unpaired) electrons. The fourth-order valence-corrected chi connectivity index (χ4v) is 2.55. The Morgan fingerprint density at radius 3 is 2.69 bits per heavy atom. The van der Waals surface area contributed by atoms with E-state index in [0.717, 1.165) is 37.8 Å². The molecule has 16 heavy (non-hydrogen) atoms. The zero-order chi connectivity index (χ0) is 11.4. The summed E-state index contributed by atoms with van der Waals surface area (Å²) in [5, 5.41) is 3.38. The molecule has 0 spiro atoms. The predicted octanol–water partition coefficient (Wildman–Crippen LogP) is 1.49. The molecule has 3 nitrogen and oxygen atoms in total. The van der Waals surface area contributed by atoms with Gasteiger partial charge in [0.25, 0.3) is 0 Å². The molecule has 94 valence electrons. The summed E-state index contributed by atoms with van der Waals surface area (Å²) < 4.78 is 5.68. The Balaban J connectivity index is 1.54. The highest BCUT2D eigenvalue weighted by molar-refractivity contribution is 4.84. The van der Waals surface area contributed by atoms with Gasteiger partial charge in [-0.1, -0.05) is 0 Å². The summed E-state index contributed by atoms with van der Waals surface area (Å²) in [5.74, 6) is 0.894. The van der Waals surface area contributed by atoms with Gasteiger partial charge in [-0.3, -0.25) is 0 Å². The highest BCUT2D eigenvalue weighted by atomic mass is 16.5. The van der Waals surface area contributed by atoms with Gasteiger partial charge >= 0.3 is 0 Å². The smallest absolute Gasteiger partial charge is 0.0593 e. The van der Waals surface area contributed by atoms with E-state index in [9.17, 15) is 0 Å². The molecule has 2 rings (SSSR count). The number of likely N-dealkylation sites (N-methyl/N-ethyl adjacent to an activating group) is 1. The van der Waals surface area contributed by atoms with Gasteiger partial charge in [0.2, 0.25) is 0 Å². The van der Waals surface area contributed by atoms with Crippen molar-refractivity contribution in [1.29, 1.82) is 0 Å². The molecule has 3 heteroatoms. The fraction of sp³-hybridized carbons (Fsp3) is 1.00. The van der Waals surface area contributed by atoms with Crippen LogP contribution in [-0.2, 0) is 4.74 Å². The zero-order valence-corrected chi connectivity index (χ0v) is 10.7. The molecule has 2 saturated carbocycles. The molecule has 2 unspecified atom stereocenters. The van der Waals surface area contributed by atoms with Crippen molar-refractivity contribution in [2.45, 2.75) is 44.2 Å². The van der Waals surface area contributed by atoms with Crippen LogP contribution in [0.3, 0.4) is 0 Å². The molecule has 0 saturated heterocycles. The number of nitrogens with one attached hydrogen (secondary N) is 1. The largest absolute Gasteiger partial charge is 0.380 e. The summed E-state index contributed by atoms with van der Waals surface area (Å²) in [4.78, 5) is 2.48.